The molecule has 0 unspecified atom stereocenters. The molecule has 2 aromatic carbocycles. The Labute approximate surface area is 143 Å². The fraction of sp³-hybridized carbons (Fsp3) is 0.176. The number of carbonyl (C=O) groups is 2. The predicted molar refractivity (Wildman–Crippen MR) is 90.1 cm³/mol. The van der Waals surface area contributed by atoms with Crippen LogP contribution in [0.1, 0.15) is 15.9 Å². The summed E-state index contributed by atoms with van der Waals surface area (Å²) >= 11 is 1.40. The van der Waals surface area contributed by atoms with Gasteiger partial charge in [-0.25, -0.2) is 0 Å². The van der Waals surface area contributed by atoms with Crippen LogP contribution in [0.15, 0.2) is 47.4 Å². The van der Waals surface area contributed by atoms with Crippen LogP contribution in [0.5, 0.6) is 11.5 Å². The highest BCUT2D eigenvalue weighted by molar-refractivity contribution is 8.00. The Balaban J connectivity index is 1.47. The molecule has 0 bridgehead atoms. The number of amides is 2. The number of thioether (sulfide) groups is 1. The fourth-order valence-corrected chi connectivity index (χ4v) is 2.75. The molecule has 0 saturated carbocycles. The van der Waals surface area contributed by atoms with Crippen LogP contribution >= 0.6 is 11.8 Å². The van der Waals surface area contributed by atoms with Crippen LogP contribution in [0.2, 0.25) is 0 Å². The highest BCUT2D eigenvalue weighted by Gasteiger charge is 2.16. The van der Waals surface area contributed by atoms with Gasteiger partial charge >= 0.3 is 0 Å². The van der Waals surface area contributed by atoms with Gasteiger partial charge in [0.05, 0.1) is 5.75 Å². The lowest BCUT2D eigenvalue weighted by molar-refractivity contribution is -0.119. The van der Waals surface area contributed by atoms with Crippen molar-refractivity contribution in [3.63, 3.8) is 0 Å². The maximum Gasteiger partial charge on any atom is 0.269 e. The van der Waals surface area contributed by atoms with Crippen molar-refractivity contribution in [2.45, 2.75) is 11.8 Å². The minimum absolute atomic E-state index is 0.146. The Morgan fingerprint density at radius 1 is 1.04 bits per heavy atom. The summed E-state index contributed by atoms with van der Waals surface area (Å²) in [6.07, 6.45) is 0. The molecule has 0 saturated heterocycles. The van der Waals surface area contributed by atoms with E-state index >= 15 is 0 Å². The quantitative estimate of drug-likeness (QED) is 0.657. The first-order chi connectivity index (χ1) is 11.6. The number of hydrogen-bond acceptors (Lipinski definition) is 5. The van der Waals surface area contributed by atoms with Gasteiger partial charge in [-0.15, -0.1) is 11.8 Å². The summed E-state index contributed by atoms with van der Waals surface area (Å²) in [5.41, 5.74) is 6.33. The van der Waals surface area contributed by atoms with E-state index < -0.39 is 5.91 Å². The normalized spacial score (nSPS) is 11.9. The summed E-state index contributed by atoms with van der Waals surface area (Å²) < 4.78 is 10.4. The average Bonchev–Trinajstić information content (AvgIpc) is 3.06. The zero-order valence-corrected chi connectivity index (χ0v) is 13.8. The molecular formula is C17H16N2O4S. The molecule has 0 aromatic heterocycles. The Bertz CT molecular complexity index is 762. The van der Waals surface area contributed by atoms with Gasteiger partial charge in [0, 0.05) is 10.5 Å². The summed E-state index contributed by atoms with van der Waals surface area (Å²) in [5, 5.41) is 0. The first-order valence-corrected chi connectivity index (χ1v) is 8.29. The van der Waals surface area contributed by atoms with E-state index in [-0.39, 0.29) is 18.5 Å². The smallest absolute Gasteiger partial charge is 0.269 e. The van der Waals surface area contributed by atoms with Crippen molar-refractivity contribution in [1.82, 2.24) is 10.9 Å². The molecule has 0 atom stereocenters. The van der Waals surface area contributed by atoms with Crippen molar-refractivity contribution in [3.8, 4) is 11.5 Å². The SMILES string of the molecule is Cc1ccc(SCC(=O)NNC(=O)c2ccc3c(c2)OCO3)cc1. The number of rotatable bonds is 4. The summed E-state index contributed by atoms with van der Waals surface area (Å²) in [7, 11) is 0. The lowest BCUT2D eigenvalue weighted by Gasteiger charge is -2.08. The molecule has 3 rings (SSSR count). The van der Waals surface area contributed by atoms with Gasteiger partial charge in [0.25, 0.3) is 5.91 Å². The Kier molecular flexibility index (Phi) is 4.90. The number of aryl methyl sites for hydroxylation is 1. The topological polar surface area (TPSA) is 76.7 Å². The zero-order valence-electron chi connectivity index (χ0n) is 13.0. The summed E-state index contributed by atoms with van der Waals surface area (Å²) in [5.74, 6) is 0.635. The first-order valence-electron chi connectivity index (χ1n) is 7.30. The van der Waals surface area contributed by atoms with Crippen LogP contribution < -0.4 is 20.3 Å². The van der Waals surface area contributed by atoms with Crippen LogP contribution in [0.4, 0.5) is 0 Å². The molecule has 24 heavy (non-hydrogen) atoms. The van der Waals surface area contributed by atoms with Gasteiger partial charge in [-0.05, 0) is 37.3 Å². The molecule has 1 heterocycles. The zero-order chi connectivity index (χ0) is 16.9. The standard InChI is InChI=1S/C17H16N2O4S/c1-11-2-5-13(6-3-11)24-9-16(20)18-19-17(21)12-4-7-14-15(8-12)23-10-22-14/h2-8H,9-10H2,1H3,(H,18,20)(H,19,21). The minimum atomic E-state index is -0.415. The number of fused-ring (bicyclic) bond motifs is 1. The second kappa shape index (κ2) is 7.27. The van der Waals surface area contributed by atoms with E-state index in [1.807, 2.05) is 31.2 Å². The van der Waals surface area contributed by atoms with Gasteiger partial charge in [0.2, 0.25) is 12.7 Å². The third-order valence-electron chi connectivity index (χ3n) is 3.34. The maximum absolute atomic E-state index is 12.0. The molecule has 6 nitrogen and oxygen atoms in total. The highest BCUT2D eigenvalue weighted by atomic mass is 32.2. The van der Waals surface area contributed by atoms with E-state index in [1.54, 1.807) is 18.2 Å². The van der Waals surface area contributed by atoms with Gasteiger partial charge in [-0.3, -0.25) is 20.4 Å². The largest absolute Gasteiger partial charge is 0.454 e. The van der Waals surface area contributed by atoms with Crippen molar-refractivity contribution in [2.75, 3.05) is 12.5 Å². The van der Waals surface area contributed by atoms with Crippen LogP contribution in [-0.4, -0.2) is 24.4 Å². The highest BCUT2D eigenvalue weighted by Crippen LogP contribution is 2.32. The number of ether oxygens (including phenoxy) is 2. The first kappa shape index (κ1) is 16.2. The van der Waals surface area contributed by atoms with Gasteiger partial charge in [0.1, 0.15) is 0 Å². The molecule has 124 valence electrons. The second-order valence-corrected chi connectivity index (χ2v) is 6.22. The molecule has 1 aliphatic heterocycles. The van der Waals surface area contributed by atoms with Crippen molar-refractivity contribution >= 4 is 23.6 Å². The third kappa shape index (κ3) is 3.99. The molecule has 0 aliphatic carbocycles. The summed E-state index contributed by atoms with van der Waals surface area (Å²) in [6.45, 7) is 2.15. The van der Waals surface area contributed by atoms with E-state index in [1.165, 1.54) is 17.3 Å². The fourth-order valence-electron chi connectivity index (χ4n) is 2.06. The molecular weight excluding hydrogens is 328 g/mol. The van der Waals surface area contributed by atoms with E-state index in [9.17, 15) is 9.59 Å². The van der Waals surface area contributed by atoms with Gasteiger partial charge < -0.3 is 9.47 Å². The molecule has 0 spiro atoms. The Hall–Kier alpha value is -2.67. The molecule has 1 aliphatic rings. The van der Waals surface area contributed by atoms with Crippen molar-refractivity contribution < 1.29 is 19.1 Å². The van der Waals surface area contributed by atoms with Crippen LogP contribution in [0.25, 0.3) is 0 Å². The van der Waals surface area contributed by atoms with E-state index in [4.69, 9.17) is 9.47 Å². The second-order valence-electron chi connectivity index (χ2n) is 5.17. The monoisotopic (exact) mass is 344 g/mol. The third-order valence-corrected chi connectivity index (χ3v) is 4.35. The predicted octanol–water partition coefficient (Wildman–Crippen LogP) is 2.28. The maximum atomic E-state index is 12.0. The molecule has 2 N–H and O–H groups in total. The van der Waals surface area contributed by atoms with E-state index in [0.717, 1.165) is 4.90 Å². The van der Waals surface area contributed by atoms with Crippen molar-refractivity contribution in [1.29, 1.82) is 0 Å². The van der Waals surface area contributed by atoms with E-state index in [2.05, 4.69) is 10.9 Å². The molecule has 7 heteroatoms. The van der Waals surface area contributed by atoms with Gasteiger partial charge in [-0.2, -0.15) is 0 Å². The Morgan fingerprint density at radius 3 is 2.58 bits per heavy atom. The number of carbonyl (C=O) groups excluding carboxylic acids is 2. The Morgan fingerprint density at radius 2 is 1.79 bits per heavy atom. The number of hydrogen-bond donors (Lipinski definition) is 2. The molecule has 2 aromatic rings. The van der Waals surface area contributed by atoms with Crippen LogP contribution in [0.3, 0.4) is 0 Å². The van der Waals surface area contributed by atoms with Crippen molar-refractivity contribution in [3.05, 3.63) is 53.6 Å². The average molecular weight is 344 g/mol. The number of nitrogens with one attached hydrogen (secondary N) is 2. The molecule has 0 radical (unpaired) electrons. The minimum Gasteiger partial charge on any atom is -0.454 e. The van der Waals surface area contributed by atoms with Gasteiger partial charge in [-0.1, -0.05) is 17.7 Å². The number of benzene rings is 2. The van der Waals surface area contributed by atoms with E-state index in [0.29, 0.717) is 17.1 Å². The van der Waals surface area contributed by atoms with Crippen LogP contribution in [0, 0.1) is 6.92 Å². The lowest BCUT2D eigenvalue weighted by Crippen LogP contribution is -2.42. The number of hydrazine groups is 1. The van der Waals surface area contributed by atoms with Gasteiger partial charge in [0.15, 0.2) is 11.5 Å². The summed E-state index contributed by atoms with van der Waals surface area (Å²) in [4.78, 5) is 24.8. The summed E-state index contributed by atoms with van der Waals surface area (Å²) in [6, 6.07) is 12.7. The molecule has 0 fully saturated rings. The van der Waals surface area contributed by atoms with Crippen LogP contribution in [-0.2, 0) is 4.79 Å². The molecule has 2 amide bonds. The lowest BCUT2D eigenvalue weighted by atomic mass is 10.2. The van der Waals surface area contributed by atoms with Crippen molar-refractivity contribution in [2.24, 2.45) is 0 Å².